The lowest BCUT2D eigenvalue weighted by atomic mass is 9.90. The van der Waals surface area contributed by atoms with E-state index in [1.165, 1.54) is 0 Å². The molecule has 0 aromatic heterocycles. The molecule has 0 spiro atoms. The van der Waals surface area contributed by atoms with Crippen LogP contribution in [0.15, 0.2) is 35.4 Å². The van der Waals surface area contributed by atoms with Crippen molar-refractivity contribution in [3.05, 3.63) is 35.9 Å². The summed E-state index contributed by atoms with van der Waals surface area (Å²) in [5, 5.41) is 9.04. The van der Waals surface area contributed by atoms with Crippen LogP contribution in [0.4, 0.5) is 4.39 Å². The van der Waals surface area contributed by atoms with Crippen molar-refractivity contribution in [2.75, 3.05) is 0 Å². The van der Waals surface area contributed by atoms with Crippen molar-refractivity contribution < 1.29 is 9.18 Å². The lowest BCUT2D eigenvalue weighted by Crippen LogP contribution is -2.44. The smallest absolute Gasteiger partial charge is 0.204 e. The summed E-state index contributed by atoms with van der Waals surface area (Å²) in [6.45, 7) is 5.51. The number of benzene rings is 1. The monoisotopic (exact) mass is 289 g/mol. The minimum Gasteiger partial charge on any atom is -0.342 e. The molecule has 1 saturated heterocycles. The van der Waals surface area contributed by atoms with Gasteiger partial charge in [0.2, 0.25) is 5.78 Å². The Morgan fingerprint density at radius 1 is 1.33 bits per heavy atom. The van der Waals surface area contributed by atoms with Crippen LogP contribution in [0.1, 0.15) is 38.8 Å². The summed E-state index contributed by atoms with van der Waals surface area (Å²) in [7, 11) is 0. The number of carbonyl (C=O) groups excluding carboxylic acids is 1. The number of nitrogens with one attached hydrogen (secondary N) is 1. The summed E-state index contributed by atoms with van der Waals surface area (Å²) in [6.07, 6.45) is -1.18. The van der Waals surface area contributed by atoms with E-state index in [4.69, 9.17) is 0 Å². The van der Waals surface area contributed by atoms with Crippen molar-refractivity contribution in [1.82, 2.24) is 10.3 Å². The number of hydrazone groups is 1. The van der Waals surface area contributed by atoms with E-state index in [2.05, 4.69) is 10.4 Å². The number of ketones is 1. The van der Waals surface area contributed by atoms with Gasteiger partial charge in [0.25, 0.3) is 0 Å². The zero-order valence-electron chi connectivity index (χ0n) is 12.5. The third kappa shape index (κ3) is 2.41. The molecule has 2 heterocycles. The number of halogens is 1. The molecule has 1 fully saturated rings. The molecule has 0 aliphatic carbocycles. The van der Waals surface area contributed by atoms with E-state index in [9.17, 15) is 9.18 Å². The van der Waals surface area contributed by atoms with Crippen LogP contribution in [0.3, 0.4) is 0 Å². The second kappa shape index (κ2) is 4.83. The third-order valence-electron chi connectivity index (χ3n) is 3.98. The first-order valence-electron chi connectivity index (χ1n) is 7.25. The summed E-state index contributed by atoms with van der Waals surface area (Å²) in [6, 6.07) is 9.62. The molecule has 112 valence electrons. The van der Waals surface area contributed by atoms with Crippen LogP contribution < -0.4 is 5.32 Å². The van der Waals surface area contributed by atoms with Gasteiger partial charge >= 0.3 is 0 Å². The SMILES string of the molecule is CC(C)(C)C(=O)C1=NN2C(N1)[C@H](F)C[C@@H]2c1ccccc1. The molecule has 3 atom stereocenters. The lowest BCUT2D eigenvalue weighted by molar-refractivity contribution is -0.119. The van der Waals surface area contributed by atoms with Crippen molar-refractivity contribution in [2.45, 2.75) is 45.6 Å². The first kappa shape index (κ1) is 14.0. The van der Waals surface area contributed by atoms with Crippen LogP contribution in [-0.4, -0.2) is 29.0 Å². The van der Waals surface area contributed by atoms with Crippen LogP contribution in [0.5, 0.6) is 0 Å². The predicted molar refractivity (Wildman–Crippen MR) is 79.4 cm³/mol. The molecule has 1 unspecified atom stereocenters. The van der Waals surface area contributed by atoms with Crippen molar-refractivity contribution in [1.29, 1.82) is 0 Å². The highest BCUT2D eigenvalue weighted by atomic mass is 19.1. The number of carbonyl (C=O) groups is 1. The highest BCUT2D eigenvalue weighted by molar-refractivity contribution is 6.40. The highest BCUT2D eigenvalue weighted by Gasteiger charge is 2.47. The molecule has 0 bridgehead atoms. The molecule has 4 nitrogen and oxygen atoms in total. The minimum atomic E-state index is -1.04. The molecule has 0 amide bonds. The summed E-state index contributed by atoms with van der Waals surface area (Å²) in [5.74, 6) is 0.187. The minimum absolute atomic E-state index is 0.0871. The number of rotatable bonds is 2. The van der Waals surface area contributed by atoms with Gasteiger partial charge < -0.3 is 5.32 Å². The second-order valence-electron chi connectivity index (χ2n) is 6.68. The van der Waals surface area contributed by atoms with Crippen LogP contribution in [0.25, 0.3) is 0 Å². The fourth-order valence-electron chi connectivity index (χ4n) is 2.81. The molecule has 21 heavy (non-hydrogen) atoms. The fourth-order valence-corrected chi connectivity index (χ4v) is 2.81. The Morgan fingerprint density at radius 3 is 2.62 bits per heavy atom. The van der Waals surface area contributed by atoms with Gasteiger partial charge in [-0.2, -0.15) is 5.10 Å². The normalized spacial score (nSPS) is 28.1. The standard InChI is InChI=1S/C16H20FN3O/c1-16(2,3)13(21)14-18-15-11(17)9-12(20(15)19-14)10-7-5-4-6-8-10/h4-8,11-12,15H,9H2,1-3H3,(H,18,19)/t11-,12-,15?/m1/s1. The Balaban J connectivity index is 1.89. The molecular weight excluding hydrogens is 269 g/mol. The van der Waals surface area contributed by atoms with E-state index in [1.807, 2.05) is 51.1 Å². The molecular formula is C16H20FN3O. The van der Waals surface area contributed by atoms with E-state index >= 15 is 0 Å². The van der Waals surface area contributed by atoms with Crippen LogP contribution >= 0.6 is 0 Å². The van der Waals surface area contributed by atoms with Crippen LogP contribution in [-0.2, 0) is 4.79 Å². The Kier molecular flexibility index (Phi) is 3.23. The Bertz CT molecular complexity index is 579. The molecule has 3 rings (SSSR count). The van der Waals surface area contributed by atoms with Gasteiger partial charge in [-0.25, -0.2) is 4.39 Å². The maximum atomic E-state index is 14.3. The average Bonchev–Trinajstić information content (AvgIpc) is 2.99. The molecule has 5 heteroatoms. The first-order valence-corrected chi connectivity index (χ1v) is 7.25. The third-order valence-corrected chi connectivity index (χ3v) is 3.98. The molecule has 2 aliphatic rings. The highest BCUT2D eigenvalue weighted by Crippen LogP contribution is 2.39. The average molecular weight is 289 g/mol. The maximum absolute atomic E-state index is 14.3. The van der Waals surface area contributed by atoms with Gasteiger partial charge in [-0.05, 0) is 5.56 Å². The van der Waals surface area contributed by atoms with E-state index < -0.39 is 17.8 Å². The van der Waals surface area contributed by atoms with Crippen molar-refractivity contribution >= 4 is 11.6 Å². The fraction of sp³-hybridized carbons (Fsp3) is 0.500. The molecule has 0 radical (unpaired) electrons. The van der Waals surface area contributed by atoms with Crippen molar-refractivity contribution in [2.24, 2.45) is 10.5 Å². The number of alkyl halides is 1. The van der Waals surface area contributed by atoms with Gasteiger partial charge in [0, 0.05) is 11.8 Å². The molecule has 1 aromatic carbocycles. The number of Topliss-reactive ketones (excluding diaryl/α,β-unsaturated/α-hetero) is 1. The summed E-state index contributed by atoms with van der Waals surface area (Å²) in [4.78, 5) is 12.3. The number of hydrogen-bond acceptors (Lipinski definition) is 4. The van der Waals surface area contributed by atoms with E-state index in [-0.39, 0.29) is 17.7 Å². The maximum Gasteiger partial charge on any atom is 0.204 e. The van der Waals surface area contributed by atoms with Gasteiger partial charge in [-0.15, -0.1) is 0 Å². The van der Waals surface area contributed by atoms with Crippen LogP contribution in [0.2, 0.25) is 0 Å². The number of nitrogens with zero attached hydrogens (tertiary/aromatic N) is 2. The number of fused-ring (bicyclic) bond motifs is 1. The van der Waals surface area contributed by atoms with Gasteiger partial charge in [-0.3, -0.25) is 9.80 Å². The van der Waals surface area contributed by atoms with Gasteiger partial charge in [-0.1, -0.05) is 51.1 Å². The van der Waals surface area contributed by atoms with Crippen molar-refractivity contribution in [3.8, 4) is 0 Å². The van der Waals surface area contributed by atoms with Crippen molar-refractivity contribution in [3.63, 3.8) is 0 Å². The Labute approximate surface area is 124 Å². The largest absolute Gasteiger partial charge is 0.342 e. The first-order chi connectivity index (χ1) is 9.88. The summed E-state index contributed by atoms with van der Waals surface area (Å²) in [5.41, 5.74) is 0.497. The van der Waals surface area contributed by atoms with E-state index in [1.54, 1.807) is 5.01 Å². The number of amidine groups is 1. The topological polar surface area (TPSA) is 44.7 Å². The quantitative estimate of drug-likeness (QED) is 0.910. The van der Waals surface area contributed by atoms with Gasteiger partial charge in [0.05, 0.1) is 6.04 Å². The zero-order valence-corrected chi connectivity index (χ0v) is 12.5. The summed E-state index contributed by atoms with van der Waals surface area (Å²) < 4.78 is 14.3. The van der Waals surface area contributed by atoms with E-state index in [0.29, 0.717) is 6.42 Å². The van der Waals surface area contributed by atoms with Gasteiger partial charge in [0.1, 0.15) is 12.3 Å². The molecule has 1 aromatic rings. The molecule has 0 saturated carbocycles. The van der Waals surface area contributed by atoms with E-state index in [0.717, 1.165) is 5.56 Å². The van der Waals surface area contributed by atoms with Gasteiger partial charge in [0.15, 0.2) is 5.84 Å². The molecule has 2 aliphatic heterocycles. The predicted octanol–water partition coefficient (Wildman–Crippen LogP) is 2.63. The molecule has 1 N–H and O–H groups in total. The lowest BCUT2D eigenvalue weighted by Gasteiger charge is -2.21. The zero-order chi connectivity index (χ0) is 15.2. The summed E-state index contributed by atoms with van der Waals surface area (Å²) >= 11 is 0. The Morgan fingerprint density at radius 2 is 2.00 bits per heavy atom. The number of hydrogen-bond donors (Lipinski definition) is 1. The van der Waals surface area contributed by atoms with Crippen LogP contribution in [0, 0.1) is 5.41 Å². The Hall–Kier alpha value is -1.91. The second-order valence-corrected chi connectivity index (χ2v) is 6.68.